The smallest absolute Gasteiger partial charge is 0 e. The first kappa shape index (κ1) is 17.5. The third-order valence-electron chi connectivity index (χ3n) is 2.64. The molecule has 2 N–H and O–H groups in total. The number of alkyl halides is 2. The van der Waals surface area contributed by atoms with Gasteiger partial charge in [0, 0.05) is 19.5 Å². The molecule has 0 saturated carbocycles. The van der Waals surface area contributed by atoms with Crippen LogP contribution in [0, 0.1) is 17.8 Å². The van der Waals surface area contributed by atoms with Gasteiger partial charge in [0.05, 0.1) is 0 Å². The fraction of sp³-hybridized carbons (Fsp3) is 0.333. The third kappa shape index (κ3) is 4.18. The van der Waals surface area contributed by atoms with Crippen molar-refractivity contribution in [1.82, 2.24) is 3.53 Å². The van der Waals surface area contributed by atoms with Gasteiger partial charge in [-0.3, -0.25) is 0 Å². The van der Waals surface area contributed by atoms with Crippen LogP contribution in [0.4, 0.5) is 0 Å². The van der Waals surface area contributed by atoms with E-state index >= 15 is 0 Å². The first-order chi connectivity index (χ1) is 8.40. The van der Waals surface area contributed by atoms with Gasteiger partial charge in [-0.2, -0.15) is 0 Å². The van der Waals surface area contributed by atoms with E-state index in [1.165, 1.54) is 0 Å². The van der Waals surface area contributed by atoms with Crippen molar-refractivity contribution in [2.24, 2.45) is 0 Å². The molecule has 0 bridgehead atoms. The average Bonchev–Trinajstić information content (AvgIpc) is 3.02. The van der Waals surface area contributed by atoms with E-state index in [9.17, 15) is 9.90 Å². The van der Waals surface area contributed by atoms with E-state index in [-0.39, 0.29) is 35.2 Å². The number of carbonyl (C=O) groups is 1. The molecule has 0 aliphatic carbocycles. The first-order valence-corrected chi connectivity index (χ1v) is 10.9. The molecule has 0 spiro atoms. The van der Waals surface area contributed by atoms with Crippen LogP contribution >= 0.6 is 42.7 Å². The zero-order valence-electron chi connectivity index (χ0n) is 10.6. The van der Waals surface area contributed by atoms with Gasteiger partial charge < -0.3 is 0 Å². The maximum atomic E-state index is 11.9. The number of hydrogen-bond donors (Lipinski definition) is 2. The molecule has 1 aromatic carbocycles. The predicted octanol–water partition coefficient (Wildman–Crippen LogP) is 2.86. The number of phenolic OH excluding ortho intramolecular Hbond substituents is 1. The van der Waals surface area contributed by atoms with Gasteiger partial charge in [0.15, 0.2) is 0 Å². The van der Waals surface area contributed by atoms with Crippen LogP contribution in [0.25, 0.3) is 0 Å². The van der Waals surface area contributed by atoms with E-state index < -0.39 is 20.1 Å². The van der Waals surface area contributed by atoms with E-state index in [1.54, 1.807) is 26.0 Å². The number of esters is 1. The quantitative estimate of drug-likeness (QED) is 0.0669. The predicted molar refractivity (Wildman–Crippen MR) is 87.3 cm³/mol. The summed E-state index contributed by atoms with van der Waals surface area (Å²) in [5.41, 5.74) is 1.42. The zero-order valence-corrected chi connectivity index (χ0v) is 16.5. The van der Waals surface area contributed by atoms with Crippen molar-refractivity contribution in [2.75, 3.05) is 4.93 Å². The summed E-state index contributed by atoms with van der Waals surface area (Å²) < 4.78 is 9.64. The van der Waals surface area contributed by atoms with Gasteiger partial charge in [-0.25, -0.2) is 0 Å². The molecule has 1 unspecified atom stereocenters. The molecule has 1 aliphatic rings. The van der Waals surface area contributed by atoms with Crippen molar-refractivity contribution in [1.29, 1.82) is 0 Å². The van der Waals surface area contributed by atoms with Crippen molar-refractivity contribution in [2.45, 2.75) is 17.9 Å². The average molecular weight is 577 g/mol. The molecule has 0 aromatic heterocycles. The van der Waals surface area contributed by atoms with Crippen LogP contribution < -0.4 is 8.27 Å². The van der Waals surface area contributed by atoms with Crippen LogP contribution in [-0.2, 0) is 24.3 Å². The third-order valence-corrected chi connectivity index (χ3v) is 8.63. The van der Waals surface area contributed by atoms with Crippen LogP contribution in [0.1, 0.15) is 11.1 Å². The minimum atomic E-state index is -1.05. The Morgan fingerprint density at radius 2 is 1.95 bits per heavy atom. The molecule has 1 atom stereocenters. The Kier molecular flexibility index (Phi) is 6.35. The Labute approximate surface area is 146 Å². The summed E-state index contributed by atoms with van der Waals surface area (Å²) in [4.78, 5) is 14.1. The molecule has 2 rings (SSSR count). The topological polar surface area (TPSA) is 68.5 Å². The Morgan fingerprint density at radius 1 is 1.47 bits per heavy atom. The minimum Gasteiger partial charge on any atom is 0 e. The summed E-state index contributed by atoms with van der Waals surface area (Å²) in [6, 6.07) is 3.35. The molecule has 19 heavy (non-hydrogen) atoms. The van der Waals surface area contributed by atoms with Gasteiger partial charge in [-0.1, -0.05) is 0 Å². The summed E-state index contributed by atoms with van der Waals surface area (Å²) in [6.45, 7) is 3.57. The van der Waals surface area contributed by atoms with Gasteiger partial charge in [0.25, 0.3) is 0 Å². The maximum Gasteiger partial charge on any atom is 0 e. The molecule has 1 aromatic rings. The minimum absolute atomic E-state index is 0. The van der Waals surface area contributed by atoms with Gasteiger partial charge in [0.2, 0.25) is 0 Å². The van der Waals surface area contributed by atoms with Crippen molar-refractivity contribution in [3.05, 3.63) is 27.2 Å². The second-order valence-electron chi connectivity index (χ2n) is 4.13. The molecule has 4 nitrogen and oxygen atoms in total. The van der Waals surface area contributed by atoms with Gasteiger partial charge in [-0.05, 0) is 0 Å². The second kappa shape index (κ2) is 6.91. The summed E-state index contributed by atoms with van der Waals surface area (Å²) in [5, 5.41) is 9.66. The summed E-state index contributed by atoms with van der Waals surface area (Å²) in [7, 11) is 0. The molecular weight excluding hydrogens is 563 g/mol. The van der Waals surface area contributed by atoms with Gasteiger partial charge in [-0.15, -0.1) is 0 Å². The molecule has 109 valence electrons. The summed E-state index contributed by atoms with van der Waals surface area (Å²) >= 11 is 1.01. The number of hydrogen-bond acceptors (Lipinski definition) is 4. The number of ether oxygens (including phenoxy) is 1. The Bertz CT molecular complexity index is 475. The standard InChI is InChI=1S/C12H14I2NO3.Rh/c1-6-4-8(5-7(2)10(6)16)18-12(17)9(13)11-14(3)15-11;/h4-5,11,15-16H,1-3H3;/q-1;. The molecule has 1 heterocycles. The van der Waals surface area contributed by atoms with Crippen molar-refractivity contribution in [3.8, 4) is 11.5 Å². The van der Waals surface area contributed by atoms with Gasteiger partial charge in [0.1, 0.15) is 0 Å². The van der Waals surface area contributed by atoms with Crippen molar-refractivity contribution < 1.29 is 34.1 Å². The number of benzene rings is 1. The van der Waals surface area contributed by atoms with Crippen LogP contribution in [-0.4, -0.2) is 20.1 Å². The number of phenols is 1. The van der Waals surface area contributed by atoms with Crippen molar-refractivity contribution >= 4 is 48.7 Å². The van der Waals surface area contributed by atoms with Crippen LogP contribution in [0.5, 0.6) is 11.5 Å². The van der Waals surface area contributed by atoms with Crippen LogP contribution in [0.15, 0.2) is 12.1 Å². The molecule has 7 heteroatoms. The Morgan fingerprint density at radius 3 is 2.37 bits per heavy atom. The normalized spacial score (nSPS) is 18.5. The molecule has 0 amide bonds. The fourth-order valence-corrected chi connectivity index (χ4v) is 8.48. The van der Waals surface area contributed by atoms with E-state index in [4.69, 9.17) is 4.74 Å². The number of carbonyl (C=O) groups excluding carboxylic acids is 1. The number of nitrogens with one attached hydrogen (secondary N) is 1. The first-order valence-electron chi connectivity index (χ1n) is 5.29. The molecule has 1 radical (unpaired) electrons. The molecule has 1 fully saturated rings. The number of aryl methyl sites for hydroxylation is 2. The number of aromatic hydroxyl groups is 1. The monoisotopic (exact) mass is 577 g/mol. The van der Waals surface area contributed by atoms with E-state index in [0.717, 1.165) is 3.92 Å². The fourth-order valence-electron chi connectivity index (χ4n) is 1.55. The van der Waals surface area contributed by atoms with E-state index in [0.29, 0.717) is 16.9 Å². The van der Waals surface area contributed by atoms with Crippen LogP contribution in [0.3, 0.4) is 0 Å². The summed E-state index contributed by atoms with van der Waals surface area (Å²) in [6.07, 6.45) is 0. The largest absolute Gasteiger partial charge is 0 e. The summed E-state index contributed by atoms with van der Waals surface area (Å²) in [5.74, 6) is 0.442. The van der Waals surface area contributed by atoms with Crippen molar-refractivity contribution in [3.63, 3.8) is 0 Å². The van der Waals surface area contributed by atoms with E-state index in [1.807, 2.05) is 0 Å². The molecule has 1 aliphatic heterocycles. The van der Waals surface area contributed by atoms with E-state index in [2.05, 4.69) is 31.1 Å². The van der Waals surface area contributed by atoms with Crippen LogP contribution in [0.2, 0.25) is 0 Å². The zero-order chi connectivity index (χ0) is 13.4. The Balaban J connectivity index is 0.00000180. The number of halogens is 2. The number of rotatable bonds is 3. The SMILES string of the molecule is Cc1cc(OC(=O)[C-](I)C2NI2C)cc(C)c1O.[Rh]. The Hall–Kier alpha value is 0.403. The maximum absolute atomic E-state index is 11.9. The second-order valence-corrected chi connectivity index (χ2v) is 10.1. The molecule has 1 saturated heterocycles. The molecular formula is C12H14I2NO3Rh-. The van der Waals surface area contributed by atoms with Gasteiger partial charge >= 0.3 is 128 Å².